The van der Waals surface area contributed by atoms with E-state index >= 15 is 0 Å². The average molecular weight is 496 g/mol. The van der Waals surface area contributed by atoms with E-state index in [1.54, 1.807) is 0 Å². The van der Waals surface area contributed by atoms with Crippen molar-refractivity contribution < 1.29 is 17.8 Å². The molecule has 0 heterocycles. The Balaban J connectivity index is 1.38. The van der Waals surface area contributed by atoms with Crippen LogP contribution in [-0.2, 0) is 14.9 Å². The fourth-order valence-corrected chi connectivity index (χ4v) is 10.5. The van der Waals surface area contributed by atoms with Crippen molar-refractivity contribution in [3.8, 4) is 0 Å². The third-order valence-corrected chi connectivity index (χ3v) is 11.9. The molecule has 4 aliphatic carbocycles. The molecular weight excluding hydrogens is 446 g/mol. The highest BCUT2D eigenvalue weighted by Crippen LogP contribution is 2.67. The molecule has 4 aliphatic rings. The van der Waals surface area contributed by atoms with Crippen LogP contribution in [0, 0.1) is 64.6 Å². The van der Waals surface area contributed by atoms with E-state index in [9.17, 15) is 13.2 Å². The van der Waals surface area contributed by atoms with Gasteiger partial charge in [0.1, 0.15) is 0 Å². The van der Waals surface area contributed by atoms with Crippen molar-refractivity contribution in [3.63, 3.8) is 0 Å². The molecule has 0 aliphatic heterocycles. The SMILES string of the molecule is CC1CC(C)C2C(C1)CC(C)C1C2CCC2(C)C(C(C)CCC(=O)NCCS(=O)(=O)O)CCC12. The predicted octanol–water partition coefficient (Wildman–Crippen LogP) is 5.80. The van der Waals surface area contributed by atoms with E-state index in [0.29, 0.717) is 23.7 Å². The molecule has 2 N–H and O–H groups in total. The van der Waals surface area contributed by atoms with E-state index in [0.717, 1.165) is 53.8 Å². The van der Waals surface area contributed by atoms with Crippen LogP contribution in [0.5, 0.6) is 0 Å². The Labute approximate surface area is 208 Å². The molecule has 0 bridgehead atoms. The lowest BCUT2D eigenvalue weighted by Crippen LogP contribution is -2.53. The Hall–Kier alpha value is -0.620. The summed E-state index contributed by atoms with van der Waals surface area (Å²) < 4.78 is 30.6. The second-order valence-electron chi connectivity index (χ2n) is 13.3. The van der Waals surface area contributed by atoms with Gasteiger partial charge in [-0.3, -0.25) is 9.35 Å². The molecular formula is C28H49NO4S. The molecule has 0 aromatic heterocycles. The number of hydrogen-bond donors (Lipinski definition) is 2. The highest BCUT2D eigenvalue weighted by atomic mass is 32.2. The zero-order chi connectivity index (χ0) is 24.8. The van der Waals surface area contributed by atoms with E-state index in [1.165, 1.54) is 44.9 Å². The number of nitrogens with one attached hydrogen (secondary N) is 1. The minimum atomic E-state index is -4.03. The highest BCUT2D eigenvalue weighted by molar-refractivity contribution is 7.85. The summed E-state index contributed by atoms with van der Waals surface area (Å²) in [5.41, 5.74) is 0.397. The lowest BCUT2D eigenvalue weighted by molar-refractivity contribution is -0.122. The van der Waals surface area contributed by atoms with Gasteiger partial charge in [-0.05, 0) is 116 Å². The zero-order valence-corrected chi connectivity index (χ0v) is 22.9. The molecule has 6 heteroatoms. The summed E-state index contributed by atoms with van der Waals surface area (Å²) in [5.74, 6) is 7.83. The van der Waals surface area contributed by atoms with Crippen molar-refractivity contribution in [2.75, 3.05) is 12.3 Å². The predicted molar refractivity (Wildman–Crippen MR) is 137 cm³/mol. The minimum Gasteiger partial charge on any atom is -0.355 e. The van der Waals surface area contributed by atoms with E-state index in [-0.39, 0.29) is 12.5 Å². The lowest BCUT2D eigenvalue weighted by Gasteiger charge is -2.60. The highest BCUT2D eigenvalue weighted by Gasteiger charge is 2.59. The van der Waals surface area contributed by atoms with Crippen molar-refractivity contribution >= 4 is 16.0 Å². The van der Waals surface area contributed by atoms with E-state index < -0.39 is 15.9 Å². The molecule has 4 rings (SSSR count). The fraction of sp³-hybridized carbons (Fsp3) is 0.964. The summed E-state index contributed by atoms with van der Waals surface area (Å²) in [6.45, 7) is 12.5. The van der Waals surface area contributed by atoms with Gasteiger partial charge in [-0.2, -0.15) is 8.42 Å². The van der Waals surface area contributed by atoms with Crippen LogP contribution in [0.4, 0.5) is 0 Å². The summed E-state index contributed by atoms with van der Waals surface area (Å²) in [6, 6.07) is 0. The van der Waals surface area contributed by atoms with Crippen LogP contribution in [0.15, 0.2) is 0 Å². The monoisotopic (exact) mass is 495 g/mol. The van der Waals surface area contributed by atoms with Gasteiger partial charge < -0.3 is 5.32 Å². The first-order valence-electron chi connectivity index (χ1n) is 14.1. The maximum absolute atomic E-state index is 12.2. The average Bonchev–Trinajstić information content (AvgIpc) is 3.07. The standard InChI is InChI=1S/C28H49NO4S/c1-17-14-19(3)26-21(15-17)16-20(4)27-22(26)10-11-28(5)23(7-8-24(27)28)18(2)6-9-25(30)29-12-13-34(31,32)33/h17-24,26-27H,6-16H2,1-5H3,(H,29,30)(H,31,32,33). The molecule has 0 spiro atoms. The zero-order valence-electron chi connectivity index (χ0n) is 22.1. The van der Waals surface area contributed by atoms with Gasteiger partial charge in [0.2, 0.25) is 5.91 Å². The molecule has 0 aromatic rings. The fourth-order valence-electron chi connectivity index (χ4n) is 10.1. The molecule has 5 nitrogen and oxygen atoms in total. The van der Waals surface area contributed by atoms with Gasteiger partial charge in [0, 0.05) is 13.0 Å². The van der Waals surface area contributed by atoms with Crippen LogP contribution in [0.25, 0.3) is 0 Å². The van der Waals surface area contributed by atoms with Gasteiger partial charge in [0.15, 0.2) is 0 Å². The van der Waals surface area contributed by atoms with Crippen LogP contribution in [0.1, 0.15) is 92.4 Å². The first-order valence-corrected chi connectivity index (χ1v) is 15.7. The molecule has 1 amide bonds. The normalized spacial score (nSPS) is 45.1. The molecule has 11 unspecified atom stereocenters. The Kier molecular flexibility index (Phi) is 7.80. The van der Waals surface area contributed by atoms with Crippen LogP contribution in [-0.4, -0.2) is 31.2 Å². The summed E-state index contributed by atoms with van der Waals surface area (Å²) in [4.78, 5) is 12.2. The molecule has 11 atom stereocenters. The molecule has 34 heavy (non-hydrogen) atoms. The van der Waals surface area contributed by atoms with Crippen molar-refractivity contribution in [1.29, 1.82) is 0 Å². The smallest absolute Gasteiger partial charge is 0.266 e. The van der Waals surface area contributed by atoms with Crippen LogP contribution in [0.2, 0.25) is 0 Å². The van der Waals surface area contributed by atoms with Gasteiger partial charge in [0.05, 0.1) is 5.75 Å². The quantitative estimate of drug-likeness (QED) is 0.437. The van der Waals surface area contributed by atoms with Gasteiger partial charge in [-0.15, -0.1) is 0 Å². The first-order chi connectivity index (χ1) is 15.9. The van der Waals surface area contributed by atoms with Crippen LogP contribution >= 0.6 is 0 Å². The van der Waals surface area contributed by atoms with Crippen molar-refractivity contribution in [1.82, 2.24) is 5.32 Å². The molecule has 4 fully saturated rings. The molecule has 0 saturated heterocycles. The second-order valence-corrected chi connectivity index (χ2v) is 14.9. The molecule has 4 saturated carbocycles. The summed E-state index contributed by atoms with van der Waals surface area (Å²) in [5, 5.41) is 2.65. The van der Waals surface area contributed by atoms with Gasteiger partial charge in [-0.25, -0.2) is 0 Å². The van der Waals surface area contributed by atoms with Gasteiger partial charge in [0.25, 0.3) is 10.1 Å². The largest absolute Gasteiger partial charge is 0.355 e. The number of carbonyl (C=O) groups excluding carboxylic acids is 1. The van der Waals surface area contributed by atoms with Crippen molar-refractivity contribution in [2.24, 2.45) is 64.6 Å². The van der Waals surface area contributed by atoms with Crippen molar-refractivity contribution in [2.45, 2.75) is 92.4 Å². The van der Waals surface area contributed by atoms with E-state index in [1.807, 2.05) is 0 Å². The lowest BCUT2D eigenvalue weighted by atomic mass is 9.45. The Morgan fingerprint density at radius 1 is 1.06 bits per heavy atom. The number of fused-ring (bicyclic) bond motifs is 5. The van der Waals surface area contributed by atoms with Crippen LogP contribution in [0.3, 0.4) is 0 Å². The Morgan fingerprint density at radius 3 is 2.47 bits per heavy atom. The molecule has 0 aromatic carbocycles. The maximum atomic E-state index is 12.2. The van der Waals surface area contributed by atoms with Gasteiger partial charge >= 0.3 is 0 Å². The number of amides is 1. The van der Waals surface area contributed by atoms with E-state index in [4.69, 9.17) is 4.55 Å². The summed E-state index contributed by atoms with van der Waals surface area (Å²) in [7, 11) is -4.03. The van der Waals surface area contributed by atoms with E-state index in [2.05, 4.69) is 39.9 Å². The number of carbonyl (C=O) groups is 1. The minimum absolute atomic E-state index is 0.0183. The number of rotatable bonds is 7. The van der Waals surface area contributed by atoms with Gasteiger partial charge in [-0.1, -0.05) is 34.6 Å². The summed E-state index contributed by atoms with van der Waals surface area (Å²) in [6.07, 6.45) is 11.0. The van der Waals surface area contributed by atoms with Crippen LogP contribution < -0.4 is 5.32 Å². The third-order valence-electron chi connectivity index (χ3n) is 11.2. The Bertz CT molecular complexity index is 843. The number of hydrogen-bond acceptors (Lipinski definition) is 3. The van der Waals surface area contributed by atoms with Crippen molar-refractivity contribution in [3.05, 3.63) is 0 Å². The maximum Gasteiger partial charge on any atom is 0.266 e. The summed E-state index contributed by atoms with van der Waals surface area (Å²) >= 11 is 0. The topological polar surface area (TPSA) is 83.5 Å². The second kappa shape index (κ2) is 10.0. The molecule has 0 radical (unpaired) electrons. The Morgan fingerprint density at radius 2 is 1.76 bits per heavy atom. The first kappa shape index (κ1) is 26.4. The third kappa shape index (κ3) is 5.23. The molecule has 196 valence electrons.